The summed E-state index contributed by atoms with van der Waals surface area (Å²) in [5, 5.41) is 14.3. The maximum absolute atomic E-state index is 11.5. The number of piperidine rings is 1. The molecule has 1 aromatic heterocycles. The van der Waals surface area contributed by atoms with E-state index in [1.165, 1.54) is 6.07 Å². The second-order valence-electron chi connectivity index (χ2n) is 5.12. The summed E-state index contributed by atoms with van der Waals surface area (Å²) in [4.78, 5) is 24.5. The zero-order valence-corrected chi connectivity index (χ0v) is 14.6. The first-order valence-electron chi connectivity index (χ1n) is 7.71. The molecule has 0 spiro atoms. The van der Waals surface area contributed by atoms with Crippen LogP contribution in [0.4, 0.5) is 0 Å². The summed E-state index contributed by atoms with van der Waals surface area (Å²) in [6, 6.07) is 1.46. The molecular formula is C14H24N4O5S. The van der Waals surface area contributed by atoms with Gasteiger partial charge in [-0.15, -0.1) is 0 Å². The Balaban J connectivity index is 0.00000139. The molecule has 0 radical (unpaired) electrons. The molecule has 0 bridgehead atoms. The third kappa shape index (κ3) is 4.34. The molecule has 0 unspecified atom stereocenters. The van der Waals surface area contributed by atoms with Gasteiger partial charge in [0.1, 0.15) is 5.69 Å². The van der Waals surface area contributed by atoms with Gasteiger partial charge in [-0.05, 0) is 30.4 Å². The number of hydrogen-bond donors (Lipinski definition) is 3. The molecule has 24 heavy (non-hydrogen) atoms. The van der Waals surface area contributed by atoms with Crippen molar-refractivity contribution in [1.29, 1.82) is 0 Å². The Labute approximate surface area is 141 Å². The van der Waals surface area contributed by atoms with E-state index < -0.39 is 16.2 Å². The van der Waals surface area contributed by atoms with E-state index in [1.54, 1.807) is 4.90 Å². The van der Waals surface area contributed by atoms with Crippen molar-refractivity contribution in [3.05, 3.63) is 23.5 Å². The van der Waals surface area contributed by atoms with Gasteiger partial charge >= 0.3 is 16.2 Å². The number of carbonyl (C=O) groups excluding carboxylic acids is 1. The van der Waals surface area contributed by atoms with Crippen molar-refractivity contribution in [2.75, 3.05) is 19.6 Å². The van der Waals surface area contributed by atoms with Crippen molar-refractivity contribution in [2.45, 2.75) is 32.6 Å². The van der Waals surface area contributed by atoms with Gasteiger partial charge in [-0.3, -0.25) is 4.79 Å². The van der Waals surface area contributed by atoms with Gasteiger partial charge in [0.2, 0.25) is 5.91 Å². The minimum absolute atomic E-state index is 0.0627. The molecule has 1 amide bonds. The van der Waals surface area contributed by atoms with Gasteiger partial charge < -0.3 is 15.7 Å². The van der Waals surface area contributed by atoms with Crippen LogP contribution in [0.15, 0.2) is 12.3 Å². The Morgan fingerprint density at radius 1 is 1.29 bits per heavy atom. The van der Waals surface area contributed by atoms with Crippen molar-refractivity contribution in [3.8, 4) is 0 Å². The van der Waals surface area contributed by atoms with E-state index in [0.717, 1.165) is 6.20 Å². The smallest absolute Gasteiger partial charge is 0.353 e. The number of carboxylic acid groups (broad SMARTS) is 1. The summed E-state index contributed by atoms with van der Waals surface area (Å²) >= 11 is 0. The van der Waals surface area contributed by atoms with Gasteiger partial charge in [0.15, 0.2) is 0 Å². The van der Waals surface area contributed by atoms with Crippen molar-refractivity contribution in [2.24, 2.45) is 10.9 Å². The second-order valence-corrected chi connectivity index (χ2v) is 6.55. The van der Waals surface area contributed by atoms with E-state index in [4.69, 9.17) is 10.9 Å². The van der Waals surface area contributed by atoms with Gasteiger partial charge in [0.25, 0.3) is 0 Å². The molecule has 2 rings (SSSR count). The van der Waals surface area contributed by atoms with E-state index in [9.17, 15) is 23.1 Å². The van der Waals surface area contributed by atoms with Crippen LogP contribution in [-0.2, 0) is 15.0 Å². The van der Waals surface area contributed by atoms with Crippen molar-refractivity contribution in [1.82, 2.24) is 8.87 Å². The largest absolute Gasteiger partial charge is 0.477 e. The predicted octanol–water partition coefficient (Wildman–Crippen LogP) is -0.0712. The molecule has 1 saturated heterocycles. The lowest BCUT2D eigenvalue weighted by Gasteiger charge is -2.31. The Kier molecular flexibility index (Phi) is 6.93. The molecule has 1 aliphatic rings. The lowest BCUT2D eigenvalue weighted by Crippen LogP contribution is -2.41. The third-order valence-electron chi connectivity index (χ3n) is 3.82. The van der Waals surface area contributed by atoms with Gasteiger partial charge in [-0.1, -0.05) is 13.8 Å². The highest BCUT2D eigenvalue weighted by molar-refractivity contribution is 7.87. The molecule has 5 N–H and O–H groups in total. The SMILES string of the molecule is CC.NCC(=O)N1CCC(c2ccn(S(N)(=O)=O)c2C(=O)O)CC1. The van der Waals surface area contributed by atoms with E-state index in [1.807, 2.05) is 13.8 Å². The van der Waals surface area contributed by atoms with Crippen molar-refractivity contribution < 1.29 is 23.1 Å². The highest BCUT2D eigenvalue weighted by Crippen LogP contribution is 2.31. The number of nitrogens with two attached hydrogens (primary N) is 2. The van der Waals surface area contributed by atoms with Gasteiger partial charge in [-0.2, -0.15) is 8.42 Å². The maximum Gasteiger partial charge on any atom is 0.353 e. The average molecular weight is 360 g/mol. The van der Waals surface area contributed by atoms with E-state index in [0.29, 0.717) is 35.5 Å². The second kappa shape index (κ2) is 8.27. The molecule has 0 saturated carbocycles. The number of likely N-dealkylation sites (tertiary alicyclic amines) is 1. The zero-order chi connectivity index (χ0) is 18.5. The minimum atomic E-state index is -4.17. The first-order valence-corrected chi connectivity index (χ1v) is 9.21. The number of aromatic carboxylic acids is 1. The minimum Gasteiger partial charge on any atom is -0.477 e. The zero-order valence-electron chi connectivity index (χ0n) is 13.8. The van der Waals surface area contributed by atoms with Gasteiger partial charge in [0, 0.05) is 19.3 Å². The standard InChI is InChI=1S/C12H18N4O5S.C2H6/c13-7-10(17)15-4-1-8(2-5-15)9-3-6-16(22(14,20)21)11(9)12(18)19;1-2/h3,6,8H,1-2,4-5,7,13H2,(H,18,19)(H2,14,20,21);1-2H3. The van der Waals surface area contributed by atoms with Gasteiger partial charge in [0.05, 0.1) is 6.54 Å². The lowest BCUT2D eigenvalue weighted by molar-refractivity contribution is -0.130. The summed E-state index contributed by atoms with van der Waals surface area (Å²) in [6.07, 6.45) is 2.23. The monoisotopic (exact) mass is 360 g/mol. The van der Waals surface area contributed by atoms with Crippen LogP contribution in [0.1, 0.15) is 48.7 Å². The van der Waals surface area contributed by atoms with Crippen LogP contribution >= 0.6 is 0 Å². The molecule has 9 nitrogen and oxygen atoms in total. The fourth-order valence-corrected chi connectivity index (χ4v) is 3.43. The van der Waals surface area contributed by atoms with Crippen molar-refractivity contribution in [3.63, 3.8) is 0 Å². The van der Waals surface area contributed by atoms with E-state index in [2.05, 4.69) is 0 Å². The average Bonchev–Trinajstić information content (AvgIpc) is 3.01. The Morgan fingerprint density at radius 3 is 2.25 bits per heavy atom. The third-order valence-corrected chi connectivity index (χ3v) is 4.67. The summed E-state index contributed by atoms with van der Waals surface area (Å²) < 4.78 is 23.5. The van der Waals surface area contributed by atoms with Crippen LogP contribution in [0.25, 0.3) is 0 Å². The highest BCUT2D eigenvalue weighted by atomic mass is 32.2. The summed E-state index contributed by atoms with van der Waals surface area (Å²) in [5.41, 5.74) is 5.39. The van der Waals surface area contributed by atoms with Crippen LogP contribution in [0.5, 0.6) is 0 Å². The van der Waals surface area contributed by atoms with Crippen molar-refractivity contribution >= 4 is 22.1 Å². The maximum atomic E-state index is 11.5. The summed E-state index contributed by atoms with van der Waals surface area (Å²) in [7, 11) is -4.17. The number of carbonyl (C=O) groups is 2. The summed E-state index contributed by atoms with van der Waals surface area (Å²) in [6.45, 7) is 4.85. The topological polar surface area (TPSA) is 149 Å². The molecule has 2 heterocycles. The van der Waals surface area contributed by atoms with Crippen LogP contribution < -0.4 is 10.9 Å². The summed E-state index contributed by atoms with van der Waals surface area (Å²) in [5.74, 6) is -1.65. The number of nitrogens with zero attached hydrogens (tertiary/aromatic N) is 2. The first kappa shape index (κ1) is 20.1. The molecule has 0 atom stereocenters. The Bertz CT molecular complexity index is 690. The predicted molar refractivity (Wildman–Crippen MR) is 88.9 cm³/mol. The fourth-order valence-electron chi connectivity index (χ4n) is 2.76. The quantitative estimate of drug-likeness (QED) is 0.684. The van der Waals surface area contributed by atoms with E-state index in [-0.39, 0.29) is 24.1 Å². The molecule has 1 aliphatic heterocycles. The van der Waals surface area contributed by atoms with Gasteiger partial charge in [-0.25, -0.2) is 13.9 Å². The molecular weight excluding hydrogens is 336 g/mol. The molecule has 1 fully saturated rings. The number of rotatable bonds is 4. The molecule has 0 aliphatic carbocycles. The molecule has 136 valence electrons. The Hall–Kier alpha value is -1.91. The van der Waals surface area contributed by atoms with Crippen LogP contribution in [0, 0.1) is 0 Å². The Morgan fingerprint density at radius 2 is 1.83 bits per heavy atom. The fraction of sp³-hybridized carbons (Fsp3) is 0.571. The number of carboxylic acids is 1. The number of hydrogen-bond acceptors (Lipinski definition) is 5. The molecule has 1 aromatic rings. The normalized spacial score (nSPS) is 15.6. The van der Waals surface area contributed by atoms with Crippen LogP contribution in [0.2, 0.25) is 0 Å². The molecule has 0 aromatic carbocycles. The van der Waals surface area contributed by atoms with Crippen LogP contribution in [0.3, 0.4) is 0 Å². The number of amides is 1. The van der Waals surface area contributed by atoms with E-state index >= 15 is 0 Å². The number of aromatic nitrogens is 1. The lowest BCUT2D eigenvalue weighted by atomic mass is 9.89. The highest BCUT2D eigenvalue weighted by Gasteiger charge is 2.30. The first-order chi connectivity index (χ1) is 11.3. The molecule has 10 heteroatoms. The van der Waals surface area contributed by atoms with Crippen LogP contribution in [-0.4, -0.2) is 53.9 Å².